The Balaban J connectivity index is 2.81. The van der Waals surface area contributed by atoms with Gasteiger partial charge in [-0.1, -0.05) is 46.8 Å². The maximum Gasteiger partial charge on any atom is 0.241 e. The predicted octanol–water partition coefficient (Wildman–Crippen LogP) is 4.08. The van der Waals surface area contributed by atoms with Gasteiger partial charge in [-0.05, 0) is 68.9 Å². The van der Waals surface area contributed by atoms with E-state index in [-0.39, 0.29) is 11.5 Å². The largest absolute Gasteiger partial charge is 0.304 e. The molecule has 0 aromatic heterocycles. The molecule has 4 nitrogen and oxygen atoms in total. The van der Waals surface area contributed by atoms with Crippen LogP contribution in [0, 0.1) is 6.92 Å². The van der Waals surface area contributed by atoms with Gasteiger partial charge in [-0.3, -0.25) is 0 Å². The summed E-state index contributed by atoms with van der Waals surface area (Å²) >= 11 is 0. The molecule has 25 heavy (non-hydrogen) atoms. The zero-order chi connectivity index (χ0) is 19.3. The highest BCUT2D eigenvalue weighted by molar-refractivity contribution is 7.89. The monoisotopic (exact) mass is 368 g/mol. The van der Waals surface area contributed by atoms with Gasteiger partial charge in [0.2, 0.25) is 10.0 Å². The fraction of sp³-hybridized carbons (Fsp3) is 0.700. The van der Waals surface area contributed by atoms with Crippen LogP contribution in [0.15, 0.2) is 23.1 Å². The zero-order valence-electron chi connectivity index (χ0n) is 17.0. The Hall–Kier alpha value is -0.910. The molecule has 1 aromatic carbocycles. The van der Waals surface area contributed by atoms with E-state index in [4.69, 9.17) is 0 Å². The van der Waals surface area contributed by atoms with E-state index in [2.05, 4.69) is 44.2 Å². The first-order valence-electron chi connectivity index (χ1n) is 9.37. The Kier molecular flexibility index (Phi) is 8.10. The summed E-state index contributed by atoms with van der Waals surface area (Å²) < 4.78 is 28.5. The van der Waals surface area contributed by atoms with Gasteiger partial charge in [-0.25, -0.2) is 13.1 Å². The van der Waals surface area contributed by atoms with Crippen LogP contribution >= 0.6 is 0 Å². The van der Waals surface area contributed by atoms with Gasteiger partial charge in [-0.2, -0.15) is 0 Å². The molecule has 0 spiro atoms. The standard InChI is InChI=1S/C20H36N2O2S/c1-8-22(9-2)14-10-11-17(4)21-25(23,24)19-15-18(20(5,6)7)13-12-16(19)3/h12-13,15,17,21H,8-11,14H2,1-7H3/t17-/m1/s1. The third kappa shape index (κ3) is 6.72. The van der Waals surface area contributed by atoms with Gasteiger partial charge in [0.15, 0.2) is 0 Å². The molecule has 0 saturated heterocycles. The normalized spacial score (nSPS) is 14.1. The molecule has 0 amide bonds. The Morgan fingerprint density at radius 2 is 1.76 bits per heavy atom. The SMILES string of the molecule is CCN(CC)CCC[C@@H](C)NS(=O)(=O)c1cc(C(C)(C)C)ccc1C. The number of benzene rings is 1. The highest BCUT2D eigenvalue weighted by Gasteiger charge is 2.22. The summed E-state index contributed by atoms with van der Waals surface area (Å²) in [6.45, 7) is 17.5. The minimum atomic E-state index is -3.50. The zero-order valence-corrected chi connectivity index (χ0v) is 17.8. The van der Waals surface area contributed by atoms with Gasteiger partial charge in [0.25, 0.3) is 0 Å². The lowest BCUT2D eigenvalue weighted by atomic mass is 9.87. The molecule has 1 N–H and O–H groups in total. The van der Waals surface area contributed by atoms with Crippen molar-refractivity contribution in [2.75, 3.05) is 19.6 Å². The fourth-order valence-corrected chi connectivity index (χ4v) is 4.45. The quantitative estimate of drug-likeness (QED) is 0.714. The molecular weight excluding hydrogens is 332 g/mol. The number of aryl methyl sites for hydroxylation is 1. The van der Waals surface area contributed by atoms with E-state index in [0.717, 1.165) is 43.6 Å². The van der Waals surface area contributed by atoms with E-state index in [0.29, 0.717) is 4.90 Å². The third-order valence-electron chi connectivity index (χ3n) is 4.71. The first kappa shape index (κ1) is 22.1. The summed E-state index contributed by atoms with van der Waals surface area (Å²) in [5, 5.41) is 0. The van der Waals surface area contributed by atoms with Crippen LogP contribution in [-0.4, -0.2) is 39.0 Å². The van der Waals surface area contributed by atoms with Crippen LogP contribution in [-0.2, 0) is 15.4 Å². The van der Waals surface area contributed by atoms with Gasteiger partial charge in [0.1, 0.15) is 0 Å². The van der Waals surface area contributed by atoms with Gasteiger partial charge in [-0.15, -0.1) is 0 Å². The molecule has 0 unspecified atom stereocenters. The molecule has 0 aliphatic carbocycles. The minimum absolute atomic E-state index is 0.0711. The van der Waals surface area contributed by atoms with Crippen molar-refractivity contribution < 1.29 is 8.42 Å². The lowest BCUT2D eigenvalue weighted by Gasteiger charge is -2.22. The van der Waals surface area contributed by atoms with Crippen molar-refractivity contribution in [3.8, 4) is 0 Å². The van der Waals surface area contributed by atoms with Crippen LogP contribution in [0.1, 0.15) is 65.5 Å². The smallest absolute Gasteiger partial charge is 0.241 e. The van der Waals surface area contributed by atoms with Crippen molar-refractivity contribution in [2.24, 2.45) is 0 Å². The Bertz CT molecular complexity index is 644. The van der Waals surface area contributed by atoms with Crippen LogP contribution in [0.2, 0.25) is 0 Å². The van der Waals surface area contributed by atoms with Crippen LogP contribution < -0.4 is 4.72 Å². The summed E-state index contributed by atoms with van der Waals surface area (Å²) in [5.41, 5.74) is 1.75. The molecule has 0 fully saturated rings. The van der Waals surface area contributed by atoms with Crippen LogP contribution in [0.4, 0.5) is 0 Å². The van der Waals surface area contributed by atoms with Crippen LogP contribution in [0.3, 0.4) is 0 Å². The summed E-state index contributed by atoms with van der Waals surface area (Å²) in [7, 11) is -3.50. The molecule has 0 heterocycles. The Morgan fingerprint density at radius 3 is 2.28 bits per heavy atom. The molecule has 0 aliphatic rings. The topological polar surface area (TPSA) is 49.4 Å². The summed E-state index contributed by atoms with van der Waals surface area (Å²) in [6, 6.07) is 5.67. The second kappa shape index (κ2) is 9.15. The van der Waals surface area contributed by atoms with Crippen molar-refractivity contribution in [2.45, 2.75) is 77.7 Å². The highest BCUT2D eigenvalue weighted by atomic mass is 32.2. The average Bonchev–Trinajstić information content (AvgIpc) is 2.50. The van der Waals surface area contributed by atoms with E-state index in [1.54, 1.807) is 0 Å². The van der Waals surface area contributed by atoms with Crippen molar-refractivity contribution >= 4 is 10.0 Å². The summed E-state index contributed by atoms with van der Waals surface area (Å²) in [5.74, 6) is 0. The van der Waals surface area contributed by atoms with Crippen molar-refractivity contribution in [1.82, 2.24) is 9.62 Å². The maximum absolute atomic E-state index is 12.8. The fourth-order valence-electron chi connectivity index (χ4n) is 2.90. The van der Waals surface area contributed by atoms with Crippen molar-refractivity contribution in [1.29, 1.82) is 0 Å². The van der Waals surface area contributed by atoms with Crippen LogP contribution in [0.25, 0.3) is 0 Å². The second-order valence-corrected chi connectivity index (χ2v) is 9.60. The third-order valence-corrected chi connectivity index (χ3v) is 6.44. The van der Waals surface area contributed by atoms with Crippen LogP contribution in [0.5, 0.6) is 0 Å². The average molecular weight is 369 g/mol. The molecule has 1 aromatic rings. The molecule has 1 atom stereocenters. The number of hydrogen-bond acceptors (Lipinski definition) is 3. The molecule has 0 aliphatic heterocycles. The lowest BCUT2D eigenvalue weighted by molar-refractivity contribution is 0.293. The van der Waals surface area contributed by atoms with Crippen molar-refractivity contribution in [3.63, 3.8) is 0 Å². The highest BCUT2D eigenvalue weighted by Crippen LogP contribution is 2.26. The first-order chi connectivity index (χ1) is 11.5. The number of sulfonamides is 1. The second-order valence-electron chi connectivity index (χ2n) is 7.92. The number of rotatable bonds is 9. The Morgan fingerprint density at radius 1 is 1.16 bits per heavy atom. The molecule has 0 bridgehead atoms. The minimum Gasteiger partial charge on any atom is -0.304 e. The summed E-state index contributed by atoms with van der Waals surface area (Å²) in [6.07, 6.45) is 1.83. The molecule has 0 radical (unpaired) electrons. The molecule has 144 valence electrons. The van der Waals surface area contributed by atoms with E-state index in [1.807, 2.05) is 32.0 Å². The molecular formula is C20H36N2O2S. The summed E-state index contributed by atoms with van der Waals surface area (Å²) in [4.78, 5) is 2.76. The van der Waals surface area contributed by atoms with Gasteiger partial charge >= 0.3 is 0 Å². The number of nitrogens with one attached hydrogen (secondary N) is 1. The van der Waals surface area contributed by atoms with E-state index < -0.39 is 10.0 Å². The van der Waals surface area contributed by atoms with E-state index in [9.17, 15) is 8.42 Å². The van der Waals surface area contributed by atoms with Crippen molar-refractivity contribution in [3.05, 3.63) is 29.3 Å². The number of hydrogen-bond donors (Lipinski definition) is 1. The van der Waals surface area contributed by atoms with Gasteiger partial charge < -0.3 is 4.90 Å². The molecule has 1 rings (SSSR count). The maximum atomic E-state index is 12.8. The predicted molar refractivity (Wildman–Crippen MR) is 107 cm³/mol. The molecule has 5 heteroatoms. The molecule has 0 saturated carbocycles. The number of nitrogens with zero attached hydrogens (tertiary/aromatic N) is 1. The first-order valence-corrected chi connectivity index (χ1v) is 10.8. The van der Waals surface area contributed by atoms with Gasteiger partial charge in [0.05, 0.1) is 4.90 Å². The Labute approximate surface area is 155 Å². The van der Waals surface area contributed by atoms with E-state index in [1.165, 1.54) is 0 Å². The lowest BCUT2D eigenvalue weighted by Crippen LogP contribution is -2.34. The van der Waals surface area contributed by atoms with E-state index >= 15 is 0 Å². The van der Waals surface area contributed by atoms with Gasteiger partial charge in [0, 0.05) is 6.04 Å².